The standard InChI is InChI=1S/C22H20N2OS/c1-13-7-10-18-19(11-13)26-22-20(18)21(23-14(2)24-22)25-17-9-8-15-5-3-4-6-16(15)12-17/h3-6,8-9,12-13H,7,10-11H2,1-2H3. The van der Waals surface area contributed by atoms with Crippen LogP contribution in [0.15, 0.2) is 42.5 Å². The minimum atomic E-state index is 0.704. The fraction of sp³-hybridized carbons (Fsp3) is 0.273. The number of aromatic nitrogens is 2. The van der Waals surface area contributed by atoms with Crippen LogP contribution in [0.2, 0.25) is 0 Å². The van der Waals surface area contributed by atoms with Crippen molar-refractivity contribution < 1.29 is 4.74 Å². The molecule has 0 fully saturated rings. The lowest BCUT2D eigenvalue weighted by molar-refractivity contribution is 0.465. The van der Waals surface area contributed by atoms with E-state index in [9.17, 15) is 0 Å². The van der Waals surface area contributed by atoms with Crippen molar-refractivity contribution in [1.82, 2.24) is 9.97 Å². The Morgan fingerprint density at radius 2 is 1.92 bits per heavy atom. The van der Waals surface area contributed by atoms with E-state index < -0.39 is 0 Å². The van der Waals surface area contributed by atoms with Crippen molar-refractivity contribution in [3.63, 3.8) is 0 Å². The molecule has 1 unspecified atom stereocenters. The van der Waals surface area contributed by atoms with Gasteiger partial charge < -0.3 is 4.74 Å². The number of thiophene rings is 1. The molecule has 0 N–H and O–H groups in total. The van der Waals surface area contributed by atoms with E-state index in [0.717, 1.165) is 40.6 Å². The number of benzene rings is 2. The van der Waals surface area contributed by atoms with E-state index >= 15 is 0 Å². The molecule has 4 heteroatoms. The number of aryl methyl sites for hydroxylation is 2. The molecule has 0 saturated carbocycles. The summed E-state index contributed by atoms with van der Waals surface area (Å²) in [5.41, 5.74) is 1.40. The first-order valence-electron chi connectivity index (χ1n) is 9.13. The first-order chi connectivity index (χ1) is 12.7. The van der Waals surface area contributed by atoms with Gasteiger partial charge in [0.2, 0.25) is 5.88 Å². The van der Waals surface area contributed by atoms with Gasteiger partial charge in [-0.3, -0.25) is 0 Å². The van der Waals surface area contributed by atoms with Crippen LogP contribution in [0.4, 0.5) is 0 Å². The first-order valence-corrected chi connectivity index (χ1v) is 9.94. The minimum absolute atomic E-state index is 0.704. The second-order valence-electron chi connectivity index (χ2n) is 7.22. The third kappa shape index (κ3) is 2.65. The van der Waals surface area contributed by atoms with E-state index in [1.165, 1.54) is 27.6 Å². The zero-order valence-electron chi connectivity index (χ0n) is 15.0. The molecule has 1 aliphatic carbocycles. The quantitative estimate of drug-likeness (QED) is 0.435. The van der Waals surface area contributed by atoms with Gasteiger partial charge >= 0.3 is 0 Å². The van der Waals surface area contributed by atoms with Crippen molar-refractivity contribution in [2.75, 3.05) is 0 Å². The summed E-state index contributed by atoms with van der Waals surface area (Å²) in [6.07, 6.45) is 3.46. The van der Waals surface area contributed by atoms with Gasteiger partial charge in [-0.2, -0.15) is 4.98 Å². The molecule has 0 bridgehead atoms. The number of fused-ring (bicyclic) bond motifs is 4. The highest BCUT2D eigenvalue weighted by Gasteiger charge is 2.24. The van der Waals surface area contributed by atoms with Crippen LogP contribution in [0.3, 0.4) is 0 Å². The lowest BCUT2D eigenvalue weighted by atomic mass is 9.89. The third-order valence-electron chi connectivity index (χ3n) is 5.17. The van der Waals surface area contributed by atoms with E-state index in [-0.39, 0.29) is 0 Å². The zero-order valence-corrected chi connectivity index (χ0v) is 15.8. The lowest BCUT2D eigenvalue weighted by Crippen LogP contribution is -2.08. The molecule has 0 radical (unpaired) electrons. The maximum atomic E-state index is 6.29. The molecule has 0 aliphatic heterocycles. The summed E-state index contributed by atoms with van der Waals surface area (Å²) in [5.74, 6) is 3.04. The highest BCUT2D eigenvalue weighted by atomic mass is 32.1. The second-order valence-corrected chi connectivity index (χ2v) is 8.30. The van der Waals surface area contributed by atoms with Crippen LogP contribution in [0.5, 0.6) is 11.6 Å². The van der Waals surface area contributed by atoms with Crippen LogP contribution in [0.25, 0.3) is 21.0 Å². The molecular weight excluding hydrogens is 340 g/mol. The molecule has 2 aromatic carbocycles. The molecule has 26 heavy (non-hydrogen) atoms. The van der Waals surface area contributed by atoms with Gasteiger partial charge in [-0.1, -0.05) is 37.3 Å². The van der Waals surface area contributed by atoms with Gasteiger partial charge in [-0.15, -0.1) is 11.3 Å². The van der Waals surface area contributed by atoms with Crippen LogP contribution < -0.4 is 4.74 Å². The highest BCUT2D eigenvalue weighted by molar-refractivity contribution is 7.18. The highest BCUT2D eigenvalue weighted by Crippen LogP contribution is 2.42. The average molecular weight is 360 g/mol. The van der Waals surface area contributed by atoms with Gasteiger partial charge in [-0.05, 0) is 60.6 Å². The lowest BCUT2D eigenvalue weighted by Gasteiger charge is -2.18. The second kappa shape index (κ2) is 6.06. The monoisotopic (exact) mass is 360 g/mol. The minimum Gasteiger partial charge on any atom is -0.438 e. The van der Waals surface area contributed by atoms with Crippen molar-refractivity contribution in [3.05, 3.63) is 58.7 Å². The Labute approximate surface area is 156 Å². The summed E-state index contributed by atoms with van der Waals surface area (Å²) in [4.78, 5) is 11.9. The van der Waals surface area contributed by atoms with Crippen molar-refractivity contribution >= 4 is 32.3 Å². The summed E-state index contributed by atoms with van der Waals surface area (Å²) >= 11 is 1.81. The number of nitrogens with zero attached hydrogens (tertiary/aromatic N) is 2. The van der Waals surface area contributed by atoms with Crippen LogP contribution in [0.1, 0.15) is 29.6 Å². The maximum Gasteiger partial charge on any atom is 0.231 e. The van der Waals surface area contributed by atoms with Crippen LogP contribution in [0, 0.1) is 12.8 Å². The van der Waals surface area contributed by atoms with Crippen LogP contribution in [-0.4, -0.2) is 9.97 Å². The van der Waals surface area contributed by atoms with Gasteiger partial charge in [0.1, 0.15) is 16.4 Å². The Hall–Kier alpha value is -2.46. The summed E-state index contributed by atoms with van der Waals surface area (Å²) in [7, 11) is 0. The van der Waals surface area contributed by atoms with Crippen molar-refractivity contribution in [3.8, 4) is 11.6 Å². The predicted octanol–water partition coefficient (Wildman–Crippen LogP) is 6.07. The van der Waals surface area contributed by atoms with Gasteiger partial charge in [0, 0.05) is 4.88 Å². The summed E-state index contributed by atoms with van der Waals surface area (Å²) in [6, 6.07) is 14.5. The van der Waals surface area contributed by atoms with Gasteiger partial charge in [0.25, 0.3) is 0 Å². The largest absolute Gasteiger partial charge is 0.438 e. The number of hydrogen-bond donors (Lipinski definition) is 0. The topological polar surface area (TPSA) is 35.0 Å². The molecule has 3 nitrogen and oxygen atoms in total. The molecule has 0 spiro atoms. The summed E-state index contributed by atoms with van der Waals surface area (Å²) in [6.45, 7) is 4.27. The summed E-state index contributed by atoms with van der Waals surface area (Å²) < 4.78 is 6.29. The van der Waals surface area contributed by atoms with Crippen molar-refractivity contribution in [2.45, 2.75) is 33.1 Å². The van der Waals surface area contributed by atoms with Crippen molar-refractivity contribution in [1.29, 1.82) is 0 Å². The van der Waals surface area contributed by atoms with E-state index in [1.807, 2.05) is 24.3 Å². The van der Waals surface area contributed by atoms with Crippen LogP contribution in [-0.2, 0) is 12.8 Å². The molecular formula is C22H20N2OS. The van der Waals surface area contributed by atoms with E-state index in [1.54, 1.807) is 0 Å². The number of hydrogen-bond acceptors (Lipinski definition) is 4. The molecule has 2 heterocycles. The Morgan fingerprint density at radius 3 is 2.81 bits per heavy atom. The van der Waals surface area contributed by atoms with Gasteiger partial charge in [-0.25, -0.2) is 4.98 Å². The molecule has 1 aliphatic rings. The third-order valence-corrected chi connectivity index (χ3v) is 6.32. The Kier molecular flexibility index (Phi) is 3.68. The Morgan fingerprint density at radius 1 is 1.08 bits per heavy atom. The molecule has 0 saturated heterocycles. The zero-order chi connectivity index (χ0) is 17.7. The van der Waals surface area contributed by atoms with E-state index in [0.29, 0.717) is 5.88 Å². The number of ether oxygens (including phenoxy) is 1. The van der Waals surface area contributed by atoms with E-state index in [4.69, 9.17) is 4.74 Å². The smallest absolute Gasteiger partial charge is 0.231 e. The normalized spacial score (nSPS) is 16.8. The first kappa shape index (κ1) is 15.8. The van der Waals surface area contributed by atoms with Gasteiger partial charge in [0.15, 0.2) is 0 Å². The fourth-order valence-electron chi connectivity index (χ4n) is 3.83. The predicted molar refractivity (Wildman–Crippen MR) is 107 cm³/mol. The Balaban J connectivity index is 1.63. The van der Waals surface area contributed by atoms with Crippen molar-refractivity contribution in [2.24, 2.45) is 5.92 Å². The number of rotatable bonds is 2. The average Bonchev–Trinajstić information content (AvgIpc) is 2.98. The van der Waals surface area contributed by atoms with Crippen LogP contribution >= 0.6 is 11.3 Å². The molecule has 0 amide bonds. The fourth-order valence-corrected chi connectivity index (χ4v) is 5.25. The molecule has 2 aromatic heterocycles. The molecule has 5 rings (SSSR count). The van der Waals surface area contributed by atoms with Gasteiger partial charge in [0.05, 0.1) is 5.39 Å². The Bertz CT molecular complexity index is 1130. The molecule has 130 valence electrons. The summed E-state index contributed by atoms with van der Waals surface area (Å²) in [5, 5.41) is 3.51. The molecule has 4 aromatic rings. The molecule has 1 atom stereocenters. The SMILES string of the molecule is Cc1nc(Oc2ccc3ccccc3c2)c2c3c(sc2n1)CC(C)CC3. The maximum absolute atomic E-state index is 6.29. The van der Waals surface area contributed by atoms with E-state index in [2.05, 4.69) is 53.3 Å².